The van der Waals surface area contributed by atoms with Crippen molar-refractivity contribution in [3.63, 3.8) is 0 Å². The minimum Gasteiger partial charge on any atom is -0.490 e. The minimum absolute atomic E-state index is 0.0428. The molecule has 2 aliphatic rings. The van der Waals surface area contributed by atoms with Gasteiger partial charge in [-0.2, -0.15) is 4.31 Å². The number of hydrogen-bond acceptors (Lipinski definition) is 5. The van der Waals surface area contributed by atoms with Crippen molar-refractivity contribution >= 4 is 15.9 Å². The van der Waals surface area contributed by atoms with E-state index in [4.69, 9.17) is 9.47 Å². The standard InChI is InChI=1S/C24H30N2O5S/c1-3-25(4-2)32(28,29)20-11-8-18(9-12-20)24(27)26-14-5-7-21(26)19-10-13-22-23(17-19)31-16-6-15-30-22/h8-13,17,21H,3-7,14-16H2,1-2H3. The number of nitrogens with zero attached hydrogens (tertiary/aromatic N) is 2. The quantitative estimate of drug-likeness (QED) is 0.657. The molecule has 8 heteroatoms. The van der Waals surface area contributed by atoms with Crippen LogP contribution in [0.25, 0.3) is 0 Å². The van der Waals surface area contributed by atoms with E-state index >= 15 is 0 Å². The van der Waals surface area contributed by atoms with Gasteiger partial charge in [0.2, 0.25) is 10.0 Å². The average Bonchev–Trinajstić information content (AvgIpc) is 3.18. The summed E-state index contributed by atoms with van der Waals surface area (Å²) in [4.78, 5) is 15.4. The molecule has 0 saturated carbocycles. The molecule has 0 spiro atoms. The maximum atomic E-state index is 13.3. The van der Waals surface area contributed by atoms with Crippen LogP contribution in [-0.2, 0) is 10.0 Å². The normalized spacial score (nSPS) is 18.6. The molecule has 7 nitrogen and oxygen atoms in total. The third kappa shape index (κ3) is 4.34. The third-order valence-electron chi connectivity index (χ3n) is 6.11. The topological polar surface area (TPSA) is 76.2 Å². The highest BCUT2D eigenvalue weighted by Gasteiger charge is 2.32. The molecule has 1 unspecified atom stereocenters. The van der Waals surface area contributed by atoms with Crippen molar-refractivity contribution in [3.8, 4) is 11.5 Å². The van der Waals surface area contributed by atoms with Crippen molar-refractivity contribution in [2.45, 2.75) is 44.0 Å². The predicted octanol–water partition coefficient (Wildman–Crippen LogP) is 3.86. The highest BCUT2D eigenvalue weighted by atomic mass is 32.2. The van der Waals surface area contributed by atoms with Crippen molar-refractivity contribution < 1.29 is 22.7 Å². The number of amides is 1. The molecule has 0 radical (unpaired) electrons. The van der Waals surface area contributed by atoms with Gasteiger partial charge < -0.3 is 14.4 Å². The molecule has 0 aliphatic carbocycles. The van der Waals surface area contributed by atoms with E-state index in [9.17, 15) is 13.2 Å². The molecule has 1 amide bonds. The first-order chi connectivity index (χ1) is 15.5. The lowest BCUT2D eigenvalue weighted by atomic mass is 10.0. The number of fused-ring (bicyclic) bond motifs is 1. The smallest absolute Gasteiger partial charge is 0.254 e. The van der Waals surface area contributed by atoms with Crippen LogP contribution >= 0.6 is 0 Å². The Kier molecular flexibility index (Phi) is 6.71. The van der Waals surface area contributed by atoms with Crippen LogP contribution in [0.4, 0.5) is 0 Å². The Bertz CT molecular complexity index is 1060. The summed E-state index contributed by atoms with van der Waals surface area (Å²) in [5, 5.41) is 0. The highest BCUT2D eigenvalue weighted by Crippen LogP contribution is 2.38. The summed E-state index contributed by atoms with van der Waals surface area (Å²) < 4.78 is 38.4. The largest absolute Gasteiger partial charge is 0.490 e. The third-order valence-corrected chi connectivity index (χ3v) is 8.18. The van der Waals surface area contributed by atoms with Gasteiger partial charge in [-0.05, 0) is 54.8 Å². The molecule has 172 valence electrons. The Morgan fingerprint density at radius 2 is 1.69 bits per heavy atom. The van der Waals surface area contributed by atoms with E-state index in [0.29, 0.717) is 38.4 Å². The number of rotatable bonds is 6. The molecule has 1 atom stereocenters. The molecular weight excluding hydrogens is 428 g/mol. The molecule has 2 aliphatic heterocycles. The molecule has 0 aromatic heterocycles. The fraction of sp³-hybridized carbons (Fsp3) is 0.458. The van der Waals surface area contributed by atoms with Crippen molar-refractivity contribution in [2.24, 2.45) is 0 Å². The Morgan fingerprint density at radius 3 is 2.38 bits per heavy atom. The first kappa shape index (κ1) is 22.6. The van der Waals surface area contributed by atoms with Crippen LogP contribution < -0.4 is 9.47 Å². The number of benzene rings is 2. The van der Waals surface area contributed by atoms with Crippen LogP contribution in [0, 0.1) is 0 Å². The fourth-order valence-electron chi connectivity index (χ4n) is 4.39. The van der Waals surface area contributed by atoms with E-state index in [1.54, 1.807) is 12.1 Å². The van der Waals surface area contributed by atoms with Gasteiger partial charge in [0.05, 0.1) is 24.2 Å². The van der Waals surface area contributed by atoms with Gasteiger partial charge in [0.25, 0.3) is 5.91 Å². The Morgan fingerprint density at radius 1 is 1.00 bits per heavy atom. The molecule has 32 heavy (non-hydrogen) atoms. The van der Waals surface area contributed by atoms with E-state index in [2.05, 4.69) is 0 Å². The molecule has 0 N–H and O–H groups in total. The lowest BCUT2D eigenvalue weighted by Gasteiger charge is -2.26. The number of likely N-dealkylation sites (tertiary alicyclic amines) is 1. The van der Waals surface area contributed by atoms with Crippen LogP contribution in [0.5, 0.6) is 11.5 Å². The van der Waals surface area contributed by atoms with Gasteiger partial charge in [0.15, 0.2) is 11.5 Å². The van der Waals surface area contributed by atoms with Crippen molar-refractivity contribution in [2.75, 3.05) is 32.8 Å². The van der Waals surface area contributed by atoms with Crippen molar-refractivity contribution in [1.29, 1.82) is 0 Å². The number of sulfonamides is 1. The van der Waals surface area contributed by atoms with E-state index in [-0.39, 0.29) is 16.8 Å². The molecule has 2 aromatic rings. The van der Waals surface area contributed by atoms with E-state index in [0.717, 1.165) is 36.3 Å². The Hall–Kier alpha value is -2.58. The maximum Gasteiger partial charge on any atom is 0.254 e. The fourth-order valence-corrected chi connectivity index (χ4v) is 5.85. The Balaban J connectivity index is 1.55. The Labute approximate surface area is 190 Å². The van der Waals surface area contributed by atoms with E-state index in [1.807, 2.05) is 36.9 Å². The molecule has 4 rings (SSSR count). The monoisotopic (exact) mass is 458 g/mol. The molecule has 2 heterocycles. The lowest BCUT2D eigenvalue weighted by molar-refractivity contribution is 0.0735. The number of ether oxygens (including phenoxy) is 2. The second kappa shape index (κ2) is 9.50. The van der Waals surface area contributed by atoms with Crippen LogP contribution in [0.2, 0.25) is 0 Å². The van der Waals surface area contributed by atoms with E-state index in [1.165, 1.54) is 16.4 Å². The summed E-state index contributed by atoms with van der Waals surface area (Å²) in [5.41, 5.74) is 1.52. The summed E-state index contributed by atoms with van der Waals surface area (Å²) >= 11 is 0. The van der Waals surface area contributed by atoms with Crippen LogP contribution in [-0.4, -0.2) is 56.4 Å². The highest BCUT2D eigenvalue weighted by molar-refractivity contribution is 7.89. The number of carbonyl (C=O) groups excluding carboxylic acids is 1. The van der Waals surface area contributed by atoms with E-state index < -0.39 is 10.0 Å². The second-order valence-corrected chi connectivity index (χ2v) is 9.96. The first-order valence-electron chi connectivity index (χ1n) is 11.3. The number of carbonyl (C=O) groups is 1. The molecule has 1 saturated heterocycles. The SMILES string of the molecule is CCN(CC)S(=O)(=O)c1ccc(C(=O)N2CCCC2c2ccc3c(c2)OCCCO3)cc1. The van der Waals surface area contributed by atoms with Gasteiger partial charge in [0.1, 0.15) is 0 Å². The minimum atomic E-state index is -3.55. The summed E-state index contributed by atoms with van der Waals surface area (Å²) in [7, 11) is -3.55. The molecule has 1 fully saturated rings. The number of hydrogen-bond donors (Lipinski definition) is 0. The summed E-state index contributed by atoms with van der Waals surface area (Å²) in [6.07, 6.45) is 2.64. The zero-order valence-electron chi connectivity index (χ0n) is 18.6. The van der Waals surface area contributed by atoms with Gasteiger partial charge in [-0.25, -0.2) is 8.42 Å². The average molecular weight is 459 g/mol. The maximum absolute atomic E-state index is 13.3. The molecular formula is C24H30N2O5S. The molecule has 0 bridgehead atoms. The zero-order chi connectivity index (χ0) is 22.7. The predicted molar refractivity (Wildman–Crippen MR) is 122 cm³/mol. The van der Waals surface area contributed by atoms with Gasteiger partial charge >= 0.3 is 0 Å². The summed E-state index contributed by atoms with van der Waals surface area (Å²) in [6, 6.07) is 12.1. The lowest BCUT2D eigenvalue weighted by Crippen LogP contribution is -2.31. The van der Waals surface area contributed by atoms with Crippen molar-refractivity contribution in [1.82, 2.24) is 9.21 Å². The second-order valence-electron chi connectivity index (χ2n) is 8.03. The van der Waals surface area contributed by atoms with Gasteiger partial charge in [-0.3, -0.25) is 4.79 Å². The van der Waals surface area contributed by atoms with Gasteiger partial charge in [-0.1, -0.05) is 19.9 Å². The zero-order valence-corrected chi connectivity index (χ0v) is 19.4. The first-order valence-corrected chi connectivity index (χ1v) is 12.7. The van der Waals surface area contributed by atoms with Crippen molar-refractivity contribution in [3.05, 3.63) is 53.6 Å². The van der Waals surface area contributed by atoms with Gasteiger partial charge in [0, 0.05) is 31.6 Å². The summed E-state index contributed by atoms with van der Waals surface area (Å²) in [5.74, 6) is 1.38. The van der Waals surface area contributed by atoms with Gasteiger partial charge in [-0.15, -0.1) is 0 Å². The van der Waals surface area contributed by atoms with Crippen LogP contribution in [0.1, 0.15) is 55.1 Å². The van der Waals surface area contributed by atoms with Crippen LogP contribution in [0.3, 0.4) is 0 Å². The molecule has 2 aromatic carbocycles. The van der Waals surface area contributed by atoms with Crippen LogP contribution in [0.15, 0.2) is 47.4 Å². The summed E-state index contributed by atoms with van der Waals surface area (Å²) in [6.45, 7) is 6.36.